The van der Waals surface area contributed by atoms with Gasteiger partial charge in [-0.25, -0.2) is 0 Å². The van der Waals surface area contributed by atoms with Gasteiger partial charge in [0.25, 0.3) is 0 Å². The average Bonchev–Trinajstić information content (AvgIpc) is 3.68. The van der Waals surface area contributed by atoms with Crippen molar-refractivity contribution in [3.63, 3.8) is 0 Å². The summed E-state index contributed by atoms with van der Waals surface area (Å²) in [5, 5.41) is 10.2. The quantitative estimate of drug-likeness (QED) is 0.129. The van der Waals surface area contributed by atoms with Crippen LogP contribution in [0, 0.1) is 0 Å². The lowest BCUT2D eigenvalue weighted by atomic mass is 9.80. The molecule has 0 aliphatic heterocycles. The first-order valence-corrected chi connectivity index (χ1v) is 22.5. The Labute approximate surface area is 338 Å². The van der Waals surface area contributed by atoms with Crippen LogP contribution in [0.3, 0.4) is 0 Å². The Morgan fingerprint density at radius 2 is 0.947 bits per heavy atom. The third-order valence-electron chi connectivity index (χ3n) is 13.4. The van der Waals surface area contributed by atoms with Gasteiger partial charge >= 0.3 is 0 Å². The number of hydrogen-bond acceptors (Lipinski definition) is 1. The molecule has 0 amide bonds. The molecule has 1 nitrogen and oxygen atoms in total. The Kier molecular flexibility index (Phi) is 7.76. The van der Waals surface area contributed by atoms with E-state index in [0.29, 0.717) is 0 Å². The highest BCUT2D eigenvalue weighted by Gasteiger charge is 2.57. The van der Waals surface area contributed by atoms with E-state index >= 15 is 0 Å². The van der Waals surface area contributed by atoms with Crippen molar-refractivity contribution in [3.8, 4) is 33.4 Å². The molecule has 1 aliphatic rings. The van der Waals surface area contributed by atoms with Crippen molar-refractivity contribution in [2.24, 2.45) is 0 Å². The van der Waals surface area contributed by atoms with Gasteiger partial charge in [-0.3, -0.25) is 0 Å². The number of para-hydroxylation sites is 1. The Morgan fingerprint density at radius 1 is 0.439 bits per heavy atom. The molecule has 1 heterocycles. The standard InChI is InChI=1S/C55H50OSi/c1-53(2,3)57(54(4,5)6,37-20-10-9-11-21-37)49-34-36(32-45-40-23-17-19-29-48(40)56-52(45)49)51-43-26-14-12-24-41(43)50(42-25-13-15-27-44(42)51)35-30-31-39-38-22-16-18-28-46(38)55(7,8)47(39)33-35/h9-34H,1-8H3. The number of hydrogen-bond donors (Lipinski definition) is 0. The van der Waals surface area contributed by atoms with E-state index in [1.54, 1.807) is 0 Å². The van der Waals surface area contributed by atoms with Gasteiger partial charge in [-0.1, -0.05) is 200 Å². The molecule has 9 aromatic rings. The van der Waals surface area contributed by atoms with Crippen molar-refractivity contribution in [1.29, 1.82) is 0 Å². The topological polar surface area (TPSA) is 13.1 Å². The van der Waals surface area contributed by atoms with Crippen molar-refractivity contribution in [2.45, 2.75) is 70.9 Å². The first kappa shape index (κ1) is 35.7. The first-order valence-electron chi connectivity index (χ1n) is 20.5. The van der Waals surface area contributed by atoms with E-state index in [9.17, 15) is 0 Å². The van der Waals surface area contributed by atoms with Gasteiger partial charge in [0.2, 0.25) is 0 Å². The van der Waals surface area contributed by atoms with E-state index in [4.69, 9.17) is 4.42 Å². The lowest BCUT2D eigenvalue weighted by molar-refractivity contribution is 0.632. The normalized spacial score (nSPS) is 14.1. The average molecular weight is 755 g/mol. The van der Waals surface area contributed by atoms with E-state index < -0.39 is 8.07 Å². The molecule has 0 radical (unpaired) electrons. The number of benzene rings is 8. The predicted octanol–water partition coefficient (Wildman–Crippen LogP) is 14.7. The largest absolute Gasteiger partial charge is 0.456 e. The Balaban J connectivity index is 1.33. The summed E-state index contributed by atoms with van der Waals surface area (Å²) in [6, 6.07) is 59.4. The van der Waals surface area contributed by atoms with Crippen LogP contribution in [0.25, 0.3) is 76.9 Å². The van der Waals surface area contributed by atoms with Crippen LogP contribution in [0.4, 0.5) is 0 Å². The van der Waals surface area contributed by atoms with Crippen molar-refractivity contribution in [3.05, 3.63) is 169 Å². The van der Waals surface area contributed by atoms with E-state index in [1.807, 2.05) is 0 Å². The van der Waals surface area contributed by atoms with Crippen molar-refractivity contribution in [2.75, 3.05) is 0 Å². The third-order valence-corrected chi connectivity index (χ3v) is 20.3. The minimum absolute atomic E-state index is 0.0495. The van der Waals surface area contributed by atoms with Gasteiger partial charge in [-0.15, -0.1) is 0 Å². The summed E-state index contributed by atoms with van der Waals surface area (Å²) in [5.41, 5.74) is 12.5. The molecule has 0 atom stereocenters. The second-order valence-corrected chi connectivity index (χ2v) is 24.5. The fourth-order valence-corrected chi connectivity index (χ4v) is 19.0. The number of furan rings is 1. The zero-order valence-corrected chi connectivity index (χ0v) is 35.4. The van der Waals surface area contributed by atoms with E-state index in [2.05, 4.69) is 213 Å². The number of rotatable bonds is 4. The molecule has 0 unspecified atom stereocenters. The first-order chi connectivity index (χ1) is 27.3. The molecule has 0 spiro atoms. The maximum absolute atomic E-state index is 7.06. The molecule has 0 N–H and O–H groups in total. The zero-order chi connectivity index (χ0) is 39.5. The Bertz CT molecular complexity index is 2990. The highest BCUT2D eigenvalue weighted by Crippen LogP contribution is 2.54. The maximum atomic E-state index is 7.06. The molecule has 8 aromatic carbocycles. The molecule has 2 heteroatoms. The van der Waals surface area contributed by atoms with Gasteiger partial charge in [-0.05, 0) is 99.5 Å². The van der Waals surface area contributed by atoms with Crippen LogP contribution in [-0.2, 0) is 5.41 Å². The molecule has 57 heavy (non-hydrogen) atoms. The summed E-state index contributed by atoms with van der Waals surface area (Å²) >= 11 is 0. The minimum atomic E-state index is -2.69. The van der Waals surface area contributed by atoms with E-state index in [-0.39, 0.29) is 15.5 Å². The van der Waals surface area contributed by atoms with Crippen LogP contribution < -0.4 is 10.4 Å². The summed E-state index contributed by atoms with van der Waals surface area (Å²) in [4.78, 5) is 0. The molecule has 10 rings (SSSR count). The van der Waals surface area contributed by atoms with Gasteiger partial charge < -0.3 is 4.42 Å². The third kappa shape index (κ3) is 4.99. The van der Waals surface area contributed by atoms with Crippen molar-refractivity contribution >= 4 is 61.9 Å². The molecule has 0 saturated heterocycles. The van der Waals surface area contributed by atoms with Crippen molar-refractivity contribution < 1.29 is 4.42 Å². The van der Waals surface area contributed by atoms with Crippen LogP contribution in [0.15, 0.2) is 162 Å². The van der Waals surface area contributed by atoms with Crippen molar-refractivity contribution in [1.82, 2.24) is 0 Å². The molecule has 1 aliphatic carbocycles. The fraction of sp³-hybridized carbons (Fsp3) is 0.200. The predicted molar refractivity (Wildman–Crippen MR) is 248 cm³/mol. The maximum Gasteiger partial charge on any atom is 0.135 e. The van der Waals surface area contributed by atoms with Crippen LogP contribution in [0.5, 0.6) is 0 Å². The summed E-state index contributed by atoms with van der Waals surface area (Å²) in [7, 11) is -2.69. The summed E-state index contributed by atoms with van der Waals surface area (Å²) in [6.45, 7) is 19.6. The monoisotopic (exact) mass is 754 g/mol. The van der Waals surface area contributed by atoms with Crippen LogP contribution in [-0.4, -0.2) is 8.07 Å². The van der Waals surface area contributed by atoms with E-state index in [1.165, 1.54) is 87.2 Å². The molecular weight excluding hydrogens is 705 g/mol. The van der Waals surface area contributed by atoms with E-state index in [0.717, 1.165) is 11.2 Å². The smallest absolute Gasteiger partial charge is 0.135 e. The highest BCUT2D eigenvalue weighted by molar-refractivity contribution is 7.07. The highest BCUT2D eigenvalue weighted by atomic mass is 28.3. The fourth-order valence-electron chi connectivity index (χ4n) is 11.5. The molecular formula is C55H50OSi. The van der Waals surface area contributed by atoms with Crippen LogP contribution in [0.1, 0.15) is 66.5 Å². The van der Waals surface area contributed by atoms with Gasteiger partial charge in [-0.2, -0.15) is 0 Å². The second kappa shape index (κ2) is 12.4. The Morgan fingerprint density at radius 3 is 1.56 bits per heavy atom. The molecule has 0 bridgehead atoms. The Hall–Kier alpha value is -5.70. The van der Waals surface area contributed by atoms with Gasteiger partial charge in [0.15, 0.2) is 0 Å². The lowest BCUT2D eigenvalue weighted by Crippen LogP contribution is -2.69. The SMILES string of the molecule is CC1(C)c2ccccc2-c2ccc(-c3c4ccccc4c(-c4cc([Si](c5ccccc5)(C(C)(C)C)C(C)(C)C)c5oc6ccccc6c5c4)c4ccccc34)cc21. The summed E-state index contributed by atoms with van der Waals surface area (Å²) < 4.78 is 7.06. The lowest BCUT2D eigenvalue weighted by Gasteiger charge is -2.52. The van der Waals surface area contributed by atoms with Gasteiger partial charge in [0.05, 0.1) is 0 Å². The molecule has 1 aromatic heterocycles. The summed E-state index contributed by atoms with van der Waals surface area (Å²) in [5.74, 6) is 0. The zero-order valence-electron chi connectivity index (χ0n) is 34.4. The minimum Gasteiger partial charge on any atom is -0.456 e. The second-order valence-electron chi connectivity index (χ2n) is 18.9. The molecule has 0 saturated carbocycles. The van der Waals surface area contributed by atoms with Gasteiger partial charge in [0.1, 0.15) is 19.2 Å². The number of fused-ring (bicyclic) bond motifs is 8. The molecule has 0 fully saturated rings. The van der Waals surface area contributed by atoms with Crippen LogP contribution >= 0.6 is 0 Å². The molecule has 280 valence electrons. The summed E-state index contributed by atoms with van der Waals surface area (Å²) in [6.07, 6.45) is 0. The van der Waals surface area contributed by atoms with Gasteiger partial charge in [0, 0.05) is 16.2 Å². The van der Waals surface area contributed by atoms with Crippen LogP contribution in [0.2, 0.25) is 10.1 Å².